The number of para-hydroxylation sites is 1. The summed E-state index contributed by atoms with van der Waals surface area (Å²) >= 11 is 0. The third-order valence-electron chi connectivity index (χ3n) is 3.68. The molecule has 1 heterocycles. The Morgan fingerprint density at radius 3 is 2.84 bits per heavy atom. The van der Waals surface area contributed by atoms with Gasteiger partial charge in [-0.05, 0) is 37.3 Å². The molecule has 1 atom stereocenters. The Balaban J connectivity index is 2.53. The first-order chi connectivity index (χ1) is 9.06. The van der Waals surface area contributed by atoms with Crippen LogP contribution in [0.2, 0.25) is 0 Å². The first-order valence-electron chi connectivity index (χ1n) is 6.69. The van der Waals surface area contributed by atoms with E-state index in [-0.39, 0.29) is 5.91 Å². The minimum Gasteiger partial charge on any atom is -0.480 e. The SMILES string of the molecule is CCc1cccc(C)c1N1C(=O)CCCC1C(=O)O. The van der Waals surface area contributed by atoms with Gasteiger partial charge >= 0.3 is 5.97 Å². The molecule has 1 unspecified atom stereocenters. The lowest BCUT2D eigenvalue weighted by Crippen LogP contribution is -2.49. The normalized spacial score (nSPS) is 19.6. The molecule has 0 saturated carbocycles. The summed E-state index contributed by atoms with van der Waals surface area (Å²) in [4.78, 5) is 25.1. The van der Waals surface area contributed by atoms with Crippen molar-refractivity contribution in [1.29, 1.82) is 0 Å². The predicted molar refractivity (Wildman–Crippen MR) is 73.3 cm³/mol. The van der Waals surface area contributed by atoms with Crippen molar-refractivity contribution in [2.45, 2.75) is 45.6 Å². The quantitative estimate of drug-likeness (QED) is 0.909. The van der Waals surface area contributed by atoms with Crippen LogP contribution in [-0.4, -0.2) is 23.0 Å². The van der Waals surface area contributed by atoms with Crippen molar-refractivity contribution in [2.75, 3.05) is 4.90 Å². The first-order valence-corrected chi connectivity index (χ1v) is 6.69. The Bertz CT molecular complexity index is 510. The number of aryl methyl sites for hydroxylation is 2. The van der Waals surface area contributed by atoms with Gasteiger partial charge in [0, 0.05) is 6.42 Å². The number of hydrogen-bond acceptors (Lipinski definition) is 2. The Labute approximate surface area is 113 Å². The van der Waals surface area contributed by atoms with Crippen molar-refractivity contribution >= 4 is 17.6 Å². The van der Waals surface area contributed by atoms with Crippen LogP contribution in [0.15, 0.2) is 18.2 Å². The maximum atomic E-state index is 12.2. The van der Waals surface area contributed by atoms with E-state index in [0.717, 1.165) is 23.2 Å². The highest BCUT2D eigenvalue weighted by Crippen LogP contribution is 2.32. The lowest BCUT2D eigenvalue weighted by Gasteiger charge is -2.35. The van der Waals surface area contributed by atoms with Gasteiger partial charge in [0.2, 0.25) is 5.91 Å². The second-order valence-corrected chi connectivity index (χ2v) is 4.95. The molecule has 0 aliphatic carbocycles. The molecule has 1 aromatic rings. The Kier molecular flexibility index (Phi) is 3.88. The number of anilines is 1. The molecule has 1 N–H and O–H groups in total. The number of rotatable bonds is 3. The molecular formula is C15H19NO3. The van der Waals surface area contributed by atoms with Crippen molar-refractivity contribution in [3.8, 4) is 0 Å². The number of carboxylic acid groups (broad SMARTS) is 1. The first kappa shape index (κ1) is 13.6. The lowest BCUT2D eigenvalue weighted by atomic mass is 9.96. The summed E-state index contributed by atoms with van der Waals surface area (Å²) in [6.07, 6.45) is 2.40. The van der Waals surface area contributed by atoms with Gasteiger partial charge < -0.3 is 5.11 Å². The van der Waals surface area contributed by atoms with E-state index in [1.54, 1.807) is 0 Å². The van der Waals surface area contributed by atoms with Gasteiger partial charge in [-0.1, -0.05) is 25.1 Å². The van der Waals surface area contributed by atoms with Crippen LogP contribution >= 0.6 is 0 Å². The van der Waals surface area contributed by atoms with E-state index in [9.17, 15) is 14.7 Å². The molecule has 1 saturated heterocycles. The van der Waals surface area contributed by atoms with Crippen molar-refractivity contribution in [3.63, 3.8) is 0 Å². The number of carboxylic acids is 1. The molecule has 0 aromatic heterocycles. The van der Waals surface area contributed by atoms with Gasteiger partial charge in [-0.25, -0.2) is 4.79 Å². The second kappa shape index (κ2) is 5.43. The molecule has 0 spiro atoms. The number of benzene rings is 1. The third kappa shape index (κ3) is 2.48. The highest BCUT2D eigenvalue weighted by molar-refractivity contribution is 6.01. The monoisotopic (exact) mass is 261 g/mol. The van der Waals surface area contributed by atoms with Crippen molar-refractivity contribution < 1.29 is 14.7 Å². The van der Waals surface area contributed by atoms with Crippen LogP contribution in [0.4, 0.5) is 5.69 Å². The summed E-state index contributed by atoms with van der Waals surface area (Å²) < 4.78 is 0. The molecule has 0 radical (unpaired) electrons. The summed E-state index contributed by atoms with van der Waals surface area (Å²) in [5, 5.41) is 9.35. The van der Waals surface area contributed by atoms with Crippen LogP contribution in [-0.2, 0) is 16.0 Å². The fraction of sp³-hybridized carbons (Fsp3) is 0.467. The number of aliphatic carboxylic acids is 1. The number of hydrogen-bond donors (Lipinski definition) is 1. The molecule has 2 rings (SSSR count). The van der Waals surface area contributed by atoms with Gasteiger partial charge in [0.15, 0.2) is 0 Å². The molecule has 102 valence electrons. The molecule has 0 bridgehead atoms. The zero-order chi connectivity index (χ0) is 14.0. The van der Waals surface area contributed by atoms with E-state index < -0.39 is 12.0 Å². The topological polar surface area (TPSA) is 57.6 Å². The van der Waals surface area contributed by atoms with Crippen molar-refractivity contribution in [3.05, 3.63) is 29.3 Å². The van der Waals surface area contributed by atoms with E-state index in [4.69, 9.17) is 0 Å². The highest BCUT2D eigenvalue weighted by Gasteiger charge is 2.35. The number of amides is 1. The summed E-state index contributed by atoms with van der Waals surface area (Å²) in [6.45, 7) is 3.94. The van der Waals surface area contributed by atoms with Crippen LogP contribution in [0.1, 0.15) is 37.3 Å². The van der Waals surface area contributed by atoms with Crippen LogP contribution in [0.25, 0.3) is 0 Å². The molecule has 4 nitrogen and oxygen atoms in total. The van der Waals surface area contributed by atoms with E-state index in [2.05, 4.69) is 0 Å². The average Bonchev–Trinajstić information content (AvgIpc) is 2.38. The Hall–Kier alpha value is -1.84. The van der Waals surface area contributed by atoms with Gasteiger partial charge in [-0.2, -0.15) is 0 Å². The smallest absolute Gasteiger partial charge is 0.326 e. The maximum absolute atomic E-state index is 12.2. The fourth-order valence-corrected chi connectivity index (χ4v) is 2.73. The summed E-state index contributed by atoms with van der Waals surface area (Å²) in [5.74, 6) is -0.999. The van der Waals surface area contributed by atoms with Gasteiger partial charge in [0.25, 0.3) is 0 Å². The van der Waals surface area contributed by atoms with E-state index in [0.29, 0.717) is 19.3 Å². The largest absolute Gasteiger partial charge is 0.480 e. The summed E-state index contributed by atoms with van der Waals surface area (Å²) in [6, 6.07) is 5.10. The predicted octanol–water partition coefficient (Wildman–Crippen LogP) is 2.53. The molecule has 1 aliphatic heterocycles. The standard InChI is InChI=1S/C15H19NO3/c1-3-11-7-4-6-10(2)14(11)16-12(15(18)19)8-5-9-13(16)17/h4,6-7,12H,3,5,8-9H2,1-2H3,(H,18,19). The molecule has 19 heavy (non-hydrogen) atoms. The highest BCUT2D eigenvalue weighted by atomic mass is 16.4. The summed E-state index contributed by atoms with van der Waals surface area (Å²) in [5.41, 5.74) is 2.78. The molecule has 1 fully saturated rings. The molecule has 1 amide bonds. The zero-order valence-electron chi connectivity index (χ0n) is 11.3. The summed E-state index contributed by atoms with van der Waals surface area (Å²) in [7, 11) is 0. The van der Waals surface area contributed by atoms with Gasteiger partial charge in [-0.3, -0.25) is 9.69 Å². The van der Waals surface area contributed by atoms with Crippen LogP contribution < -0.4 is 4.90 Å². The van der Waals surface area contributed by atoms with Gasteiger partial charge in [0.1, 0.15) is 6.04 Å². The number of carbonyl (C=O) groups excluding carboxylic acids is 1. The Morgan fingerprint density at radius 2 is 2.21 bits per heavy atom. The number of piperidine rings is 1. The molecular weight excluding hydrogens is 242 g/mol. The molecule has 4 heteroatoms. The molecule has 1 aliphatic rings. The second-order valence-electron chi connectivity index (χ2n) is 4.95. The Morgan fingerprint density at radius 1 is 1.47 bits per heavy atom. The third-order valence-corrected chi connectivity index (χ3v) is 3.68. The van der Waals surface area contributed by atoms with E-state index >= 15 is 0 Å². The van der Waals surface area contributed by atoms with Crippen LogP contribution in [0, 0.1) is 6.92 Å². The number of nitrogens with zero attached hydrogens (tertiary/aromatic N) is 1. The zero-order valence-corrected chi connectivity index (χ0v) is 11.3. The minimum atomic E-state index is -0.918. The molecule has 1 aromatic carbocycles. The van der Waals surface area contributed by atoms with Crippen LogP contribution in [0.5, 0.6) is 0 Å². The van der Waals surface area contributed by atoms with Gasteiger partial charge in [-0.15, -0.1) is 0 Å². The van der Waals surface area contributed by atoms with E-state index in [1.165, 1.54) is 4.90 Å². The van der Waals surface area contributed by atoms with Crippen LogP contribution in [0.3, 0.4) is 0 Å². The average molecular weight is 261 g/mol. The minimum absolute atomic E-state index is 0.0809. The van der Waals surface area contributed by atoms with E-state index in [1.807, 2.05) is 32.0 Å². The van der Waals surface area contributed by atoms with Gasteiger partial charge in [0.05, 0.1) is 5.69 Å². The van der Waals surface area contributed by atoms with Crippen molar-refractivity contribution in [1.82, 2.24) is 0 Å². The lowest BCUT2D eigenvalue weighted by molar-refractivity contribution is -0.141. The maximum Gasteiger partial charge on any atom is 0.326 e. The number of carbonyl (C=O) groups is 2. The fourth-order valence-electron chi connectivity index (χ4n) is 2.73. The van der Waals surface area contributed by atoms with Crippen molar-refractivity contribution in [2.24, 2.45) is 0 Å².